The molecule has 0 atom stereocenters. The largest absolute Gasteiger partial charge is 0.487 e. The average Bonchev–Trinajstić information content (AvgIpc) is 3.03. The van der Waals surface area contributed by atoms with E-state index in [-0.39, 0.29) is 16.8 Å². The van der Waals surface area contributed by atoms with Gasteiger partial charge in [-0.2, -0.15) is 0 Å². The van der Waals surface area contributed by atoms with Crippen LogP contribution in [-0.4, -0.2) is 18.3 Å². The van der Waals surface area contributed by atoms with Crippen LogP contribution < -0.4 is 9.46 Å². The van der Waals surface area contributed by atoms with E-state index in [0.29, 0.717) is 11.4 Å². The summed E-state index contributed by atoms with van der Waals surface area (Å²) in [5, 5.41) is 11.4. The monoisotopic (exact) mass is 423 g/mol. The number of fused-ring (bicyclic) bond motifs is 3. The Balaban J connectivity index is 1.72. The molecule has 1 aliphatic rings. The smallest absolute Gasteiger partial charge is 0.291 e. The van der Waals surface area contributed by atoms with E-state index in [1.165, 1.54) is 6.07 Å². The summed E-state index contributed by atoms with van der Waals surface area (Å²) < 4.78 is 33.3. The predicted octanol–water partition coefficient (Wildman–Crippen LogP) is 4.06. The highest BCUT2D eigenvalue weighted by molar-refractivity contribution is 7.93. The van der Waals surface area contributed by atoms with E-state index in [4.69, 9.17) is 16.3 Å². The maximum Gasteiger partial charge on any atom is 0.291 e. The summed E-state index contributed by atoms with van der Waals surface area (Å²) in [7, 11) is -4.23. The number of anilines is 1. The van der Waals surface area contributed by atoms with Crippen LogP contribution in [-0.2, 0) is 16.6 Å². The molecular weight excluding hydrogens is 414 g/mol. The maximum absolute atomic E-state index is 12.7. The van der Waals surface area contributed by atoms with E-state index in [2.05, 4.69) is 9.71 Å². The van der Waals surface area contributed by atoms with E-state index in [1.807, 2.05) is 18.2 Å². The van der Waals surface area contributed by atoms with Gasteiger partial charge in [-0.25, -0.2) is 13.4 Å². The second-order valence-electron chi connectivity index (χ2n) is 5.55. The van der Waals surface area contributed by atoms with Crippen molar-refractivity contribution < 1.29 is 18.1 Å². The van der Waals surface area contributed by atoms with Crippen molar-refractivity contribution in [2.24, 2.45) is 0 Å². The van der Waals surface area contributed by atoms with Gasteiger partial charge >= 0.3 is 0 Å². The summed E-state index contributed by atoms with van der Waals surface area (Å²) >= 11 is 6.86. The van der Waals surface area contributed by atoms with Gasteiger partial charge in [-0.15, -0.1) is 0 Å². The molecule has 0 aliphatic carbocycles. The van der Waals surface area contributed by atoms with Crippen LogP contribution in [0, 0.1) is 10.1 Å². The number of thiazole rings is 1. The molecule has 0 saturated carbocycles. The molecule has 2 heterocycles. The molecule has 0 unspecified atom stereocenters. The molecule has 8 nitrogen and oxygen atoms in total. The van der Waals surface area contributed by atoms with Crippen LogP contribution in [0.2, 0.25) is 5.02 Å². The molecule has 1 aromatic heterocycles. The molecule has 11 heteroatoms. The number of benzene rings is 2. The Morgan fingerprint density at radius 1 is 1.26 bits per heavy atom. The number of nitro groups is 1. The van der Waals surface area contributed by atoms with Crippen molar-refractivity contribution in [3.05, 3.63) is 62.5 Å². The Hall–Kier alpha value is -2.69. The van der Waals surface area contributed by atoms with E-state index < -0.39 is 25.5 Å². The standard InChI is InChI=1S/C16H10ClN3O5S2/c17-9-5-6-14(11(7-9)20(21)22)27(23,24)19-16-18-15-10-3-1-2-4-12(10)25-8-13(15)26-16/h1-7H,8H2,(H,18,19). The van der Waals surface area contributed by atoms with Crippen LogP contribution in [0.5, 0.6) is 5.75 Å². The fraction of sp³-hybridized carbons (Fsp3) is 0.0625. The molecule has 3 aromatic rings. The summed E-state index contributed by atoms with van der Waals surface area (Å²) in [4.78, 5) is 15.0. The second kappa shape index (κ2) is 6.48. The fourth-order valence-corrected chi connectivity index (χ4v) is 5.11. The van der Waals surface area contributed by atoms with Gasteiger partial charge in [0.1, 0.15) is 12.4 Å². The average molecular weight is 424 g/mol. The lowest BCUT2D eigenvalue weighted by Crippen LogP contribution is -2.14. The Morgan fingerprint density at radius 2 is 2.04 bits per heavy atom. The summed E-state index contributed by atoms with van der Waals surface area (Å²) in [5.41, 5.74) is 0.785. The fourth-order valence-electron chi connectivity index (χ4n) is 2.67. The number of sulfonamides is 1. The van der Waals surface area contributed by atoms with E-state index in [0.717, 1.165) is 33.9 Å². The van der Waals surface area contributed by atoms with Gasteiger partial charge < -0.3 is 4.74 Å². The van der Waals surface area contributed by atoms with Gasteiger partial charge in [0.15, 0.2) is 10.0 Å². The highest BCUT2D eigenvalue weighted by Crippen LogP contribution is 2.41. The highest BCUT2D eigenvalue weighted by atomic mass is 35.5. The topological polar surface area (TPSA) is 111 Å². The zero-order valence-corrected chi connectivity index (χ0v) is 15.8. The third-order valence-corrected chi connectivity index (χ3v) is 6.52. The zero-order valence-electron chi connectivity index (χ0n) is 13.4. The zero-order chi connectivity index (χ0) is 19.2. The molecule has 0 spiro atoms. The number of hydrogen-bond donors (Lipinski definition) is 1. The Kier molecular flexibility index (Phi) is 4.25. The van der Waals surface area contributed by atoms with E-state index in [1.54, 1.807) is 6.07 Å². The van der Waals surface area contributed by atoms with Crippen LogP contribution in [0.15, 0.2) is 47.4 Å². The van der Waals surface area contributed by atoms with Gasteiger partial charge in [0.05, 0.1) is 15.5 Å². The Labute approximate surface area is 162 Å². The number of rotatable bonds is 4. The normalized spacial score (nSPS) is 12.6. The van der Waals surface area contributed by atoms with Gasteiger partial charge in [0.2, 0.25) is 0 Å². The molecule has 0 amide bonds. The lowest BCUT2D eigenvalue weighted by atomic mass is 10.1. The number of halogens is 1. The molecule has 0 bridgehead atoms. The first-order valence-electron chi connectivity index (χ1n) is 7.54. The van der Waals surface area contributed by atoms with Crippen molar-refractivity contribution in [2.45, 2.75) is 11.5 Å². The summed E-state index contributed by atoms with van der Waals surface area (Å²) in [5.74, 6) is 0.665. The van der Waals surface area contributed by atoms with E-state index in [9.17, 15) is 18.5 Å². The van der Waals surface area contributed by atoms with Crippen molar-refractivity contribution in [3.63, 3.8) is 0 Å². The quantitative estimate of drug-likeness (QED) is 0.500. The first-order chi connectivity index (χ1) is 12.8. The van der Waals surface area contributed by atoms with Crippen molar-refractivity contribution in [1.29, 1.82) is 0 Å². The molecule has 138 valence electrons. The number of nitro benzene ring substituents is 1. The van der Waals surface area contributed by atoms with Crippen molar-refractivity contribution in [1.82, 2.24) is 4.98 Å². The molecule has 0 fully saturated rings. The third kappa shape index (κ3) is 3.22. The molecule has 4 rings (SSSR count). The highest BCUT2D eigenvalue weighted by Gasteiger charge is 2.29. The van der Waals surface area contributed by atoms with Gasteiger partial charge in [-0.1, -0.05) is 35.1 Å². The first kappa shape index (κ1) is 17.7. The maximum atomic E-state index is 12.7. The summed E-state index contributed by atoms with van der Waals surface area (Å²) in [6.45, 7) is 0.271. The van der Waals surface area contributed by atoms with Gasteiger partial charge in [-0.05, 0) is 24.3 Å². The molecular formula is C16H10ClN3O5S2. The predicted molar refractivity (Wildman–Crippen MR) is 101 cm³/mol. The van der Waals surface area contributed by atoms with Crippen molar-refractivity contribution in [3.8, 4) is 17.0 Å². The SMILES string of the molecule is O=[N+]([O-])c1cc(Cl)ccc1S(=O)(=O)Nc1nc2c(s1)COc1ccccc1-2. The molecule has 2 aromatic carbocycles. The minimum Gasteiger partial charge on any atom is -0.487 e. The molecule has 1 N–H and O–H groups in total. The molecule has 0 radical (unpaired) electrons. The van der Waals surface area contributed by atoms with Gasteiger partial charge in [-0.3, -0.25) is 14.8 Å². The molecule has 1 aliphatic heterocycles. The minimum absolute atomic E-state index is 0.0686. The van der Waals surface area contributed by atoms with Crippen LogP contribution in [0.4, 0.5) is 10.8 Å². The lowest BCUT2D eigenvalue weighted by Gasteiger charge is -2.15. The van der Waals surface area contributed by atoms with Gasteiger partial charge in [0, 0.05) is 16.7 Å². The first-order valence-corrected chi connectivity index (χ1v) is 10.2. The summed E-state index contributed by atoms with van der Waals surface area (Å²) in [6.07, 6.45) is 0. The third-order valence-electron chi connectivity index (χ3n) is 3.83. The minimum atomic E-state index is -4.23. The number of hydrogen-bond acceptors (Lipinski definition) is 7. The van der Waals surface area contributed by atoms with Crippen LogP contribution in [0.1, 0.15) is 4.88 Å². The number of aromatic nitrogens is 1. The second-order valence-corrected chi connectivity index (χ2v) is 8.72. The molecule has 27 heavy (non-hydrogen) atoms. The van der Waals surface area contributed by atoms with Crippen molar-refractivity contribution in [2.75, 3.05) is 4.72 Å². The number of para-hydroxylation sites is 1. The lowest BCUT2D eigenvalue weighted by molar-refractivity contribution is -0.387. The van der Waals surface area contributed by atoms with Crippen LogP contribution >= 0.6 is 22.9 Å². The number of nitrogens with zero attached hydrogens (tertiary/aromatic N) is 2. The van der Waals surface area contributed by atoms with Gasteiger partial charge in [0.25, 0.3) is 15.7 Å². The van der Waals surface area contributed by atoms with Crippen LogP contribution in [0.25, 0.3) is 11.3 Å². The van der Waals surface area contributed by atoms with Crippen LogP contribution in [0.3, 0.4) is 0 Å². The number of nitrogens with one attached hydrogen (secondary N) is 1. The Morgan fingerprint density at radius 3 is 2.81 bits per heavy atom. The Bertz CT molecular complexity index is 1180. The van der Waals surface area contributed by atoms with Crippen molar-refractivity contribution >= 4 is 43.8 Å². The van der Waals surface area contributed by atoms with E-state index >= 15 is 0 Å². The number of ether oxygens (including phenoxy) is 1. The molecule has 0 saturated heterocycles. The summed E-state index contributed by atoms with van der Waals surface area (Å²) in [6, 6.07) is 10.7.